The van der Waals surface area contributed by atoms with Crippen molar-refractivity contribution in [3.63, 3.8) is 0 Å². The molecule has 0 unspecified atom stereocenters. The monoisotopic (exact) mass is 423 g/mol. The highest BCUT2D eigenvalue weighted by molar-refractivity contribution is 7.99. The van der Waals surface area contributed by atoms with E-state index in [0.717, 1.165) is 35.4 Å². The highest BCUT2D eigenvalue weighted by Gasteiger charge is 2.23. The van der Waals surface area contributed by atoms with Crippen LogP contribution < -0.4 is 9.64 Å². The fourth-order valence-corrected chi connectivity index (χ4v) is 4.34. The lowest BCUT2D eigenvalue weighted by Crippen LogP contribution is -2.49. The van der Waals surface area contributed by atoms with Crippen molar-refractivity contribution < 1.29 is 9.53 Å². The molecule has 0 aliphatic carbocycles. The molecule has 30 heavy (non-hydrogen) atoms. The average Bonchev–Trinajstić information content (AvgIpc) is 3.26. The first-order chi connectivity index (χ1) is 14.7. The third kappa shape index (κ3) is 4.43. The summed E-state index contributed by atoms with van der Waals surface area (Å²) in [5, 5.41) is 8.93. The molecule has 1 aliphatic rings. The molecule has 3 aromatic rings. The van der Waals surface area contributed by atoms with E-state index >= 15 is 0 Å². The van der Waals surface area contributed by atoms with E-state index in [1.165, 1.54) is 17.3 Å². The second kappa shape index (κ2) is 9.21. The normalized spacial score (nSPS) is 14.1. The number of methoxy groups -OCH3 is 1. The molecule has 0 N–H and O–H groups in total. The molecule has 2 aromatic carbocycles. The van der Waals surface area contributed by atoms with E-state index in [-0.39, 0.29) is 5.91 Å². The van der Waals surface area contributed by atoms with E-state index in [9.17, 15) is 4.79 Å². The number of anilines is 1. The third-order valence-corrected chi connectivity index (χ3v) is 6.14. The van der Waals surface area contributed by atoms with Crippen molar-refractivity contribution in [1.29, 1.82) is 0 Å². The average molecular weight is 424 g/mol. The van der Waals surface area contributed by atoms with Crippen molar-refractivity contribution >= 4 is 23.4 Å². The number of benzene rings is 2. The minimum Gasteiger partial charge on any atom is -0.495 e. The molecule has 2 heterocycles. The molecule has 1 aliphatic heterocycles. The summed E-state index contributed by atoms with van der Waals surface area (Å²) in [6.45, 7) is 5.02. The van der Waals surface area contributed by atoms with E-state index in [1.54, 1.807) is 13.4 Å². The zero-order valence-corrected chi connectivity index (χ0v) is 18.0. The van der Waals surface area contributed by atoms with Crippen molar-refractivity contribution in [3.8, 4) is 11.4 Å². The van der Waals surface area contributed by atoms with Crippen LogP contribution in [0.3, 0.4) is 0 Å². The number of thioether (sulfide) groups is 1. The van der Waals surface area contributed by atoms with Crippen molar-refractivity contribution in [2.45, 2.75) is 12.1 Å². The van der Waals surface area contributed by atoms with Gasteiger partial charge < -0.3 is 14.5 Å². The number of amides is 1. The molecule has 1 fully saturated rings. The molecule has 1 saturated heterocycles. The second-order valence-corrected chi connectivity index (χ2v) is 8.09. The molecule has 7 nitrogen and oxygen atoms in total. The largest absolute Gasteiger partial charge is 0.495 e. The Hall–Kier alpha value is -3.00. The van der Waals surface area contributed by atoms with Gasteiger partial charge in [-0.3, -0.25) is 9.36 Å². The summed E-state index contributed by atoms with van der Waals surface area (Å²) in [5.74, 6) is 1.33. The van der Waals surface area contributed by atoms with Gasteiger partial charge in [-0.15, -0.1) is 10.2 Å². The number of hydrogen-bond acceptors (Lipinski definition) is 6. The van der Waals surface area contributed by atoms with E-state index < -0.39 is 0 Å². The zero-order valence-electron chi connectivity index (χ0n) is 17.2. The van der Waals surface area contributed by atoms with Gasteiger partial charge in [0.15, 0.2) is 5.16 Å². The number of nitrogens with zero attached hydrogens (tertiary/aromatic N) is 5. The van der Waals surface area contributed by atoms with Crippen LogP contribution in [0.5, 0.6) is 5.75 Å². The van der Waals surface area contributed by atoms with Crippen molar-refractivity contribution in [2.75, 3.05) is 43.9 Å². The van der Waals surface area contributed by atoms with Crippen molar-refractivity contribution in [2.24, 2.45) is 0 Å². The molecule has 8 heteroatoms. The number of ether oxygens (including phenoxy) is 1. The summed E-state index contributed by atoms with van der Waals surface area (Å²) >= 11 is 1.42. The molecule has 0 atom stereocenters. The number of piperazine rings is 1. The summed E-state index contributed by atoms with van der Waals surface area (Å²) < 4.78 is 7.38. The summed E-state index contributed by atoms with van der Waals surface area (Å²) in [6, 6.07) is 16.2. The number of aryl methyl sites for hydroxylation is 1. The van der Waals surface area contributed by atoms with E-state index in [4.69, 9.17) is 4.74 Å². The number of aromatic nitrogens is 3. The van der Waals surface area contributed by atoms with Crippen LogP contribution in [0.1, 0.15) is 5.56 Å². The molecule has 0 bridgehead atoms. The Labute approximate surface area is 180 Å². The molecular weight excluding hydrogens is 398 g/mol. The summed E-state index contributed by atoms with van der Waals surface area (Å²) in [7, 11) is 1.69. The minimum atomic E-state index is 0.123. The van der Waals surface area contributed by atoms with Crippen LogP contribution in [0.15, 0.2) is 60.0 Å². The smallest absolute Gasteiger partial charge is 0.233 e. The van der Waals surface area contributed by atoms with Gasteiger partial charge in [0.05, 0.1) is 18.6 Å². The summed E-state index contributed by atoms with van der Waals surface area (Å²) in [6.07, 6.45) is 1.68. The molecular formula is C22H25N5O2S. The maximum absolute atomic E-state index is 12.8. The van der Waals surface area contributed by atoms with E-state index in [2.05, 4.69) is 40.2 Å². The molecule has 0 saturated carbocycles. The van der Waals surface area contributed by atoms with Crippen molar-refractivity contribution in [3.05, 3.63) is 60.4 Å². The standard InChI is InChI=1S/C22H25N5O2S/c1-17-7-9-18(10-8-17)27-16-23-24-22(27)30-15-21(28)26-13-11-25(12-14-26)19-5-3-4-6-20(19)29-2/h3-10,16H,11-15H2,1-2H3. The first kappa shape index (κ1) is 20.3. The van der Waals surface area contributed by atoms with Gasteiger partial charge in [-0.1, -0.05) is 41.6 Å². The van der Waals surface area contributed by atoms with Gasteiger partial charge in [-0.2, -0.15) is 0 Å². The Kier molecular flexibility index (Phi) is 6.23. The Morgan fingerprint density at radius 1 is 1.07 bits per heavy atom. The predicted octanol–water partition coefficient (Wildman–Crippen LogP) is 3.03. The van der Waals surface area contributed by atoms with Crippen LogP contribution >= 0.6 is 11.8 Å². The molecule has 4 rings (SSSR count). The van der Waals surface area contributed by atoms with Crippen LogP contribution in [0.4, 0.5) is 5.69 Å². The number of para-hydroxylation sites is 2. The Morgan fingerprint density at radius 3 is 2.53 bits per heavy atom. The summed E-state index contributed by atoms with van der Waals surface area (Å²) in [5.41, 5.74) is 3.27. The minimum absolute atomic E-state index is 0.123. The van der Waals surface area contributed by atoms with Gasteiger partial charge in [0.2, 0.25) is 5.91 Å². The molecule has 1 amide bonds. The molecule has 0 radical (unpaired) electrons. The van der Waals surface area contributed by atoms with Crippen LogP contribution in [0.25, 0.3) is 5.69 Å². The lowest BCUT2D eigenvalue weighted by atomic mass is 10.2. The fraction of sp³-hybridized carbons (Fsp3) is 0.318. The van der Waals surface area contributed by atoms with Crippen LogP contribution in [-0.4, -0.2) is 64.6 Å². The molecule has 0 spiro atoms. The van der Waals surface area contributed by atoms with Crippen molar-refractivity contribution in [1.82, 2.24) is 19.7 Å². The fourth-order valence-electron chi connectivity index (χ4n) is 3.51. The lowest BCUT2D eigenvalue weighted by Gasteiger charge is -2.36. The topological polar surface area (TPSA) is 63.5 Å². The first-order valence-corrected chi connectivity index (χ1v) is 10.9. The molecule has 156 valence electrons. The van der Waals surface area contributed by atoms with Crippen LogP contribution in [0, 0.1) is 6.92 Å². The first-order valence-electron chi connectivity index (χ1n) is 9.91. The summed E-state index contributed by atoms with van der Waals surface area (Å²) in [4.78, 5) is 16.9. The Bertz CT molecular complexity index is 997. The van der Waals surface area contributed by atoms with Gasteiger partial charge in [0, 0.05) is 31.9 Å². The van der Waals surface area contributed by atoms with Gasteiger partial charge in [-0.05, 0) is 31.2 Å². The highest BCUT2D eigenvalue weighted by Crippen LogP contribution is 2.28. The second-order valence-electron chi connectivity index (χ2n) is 7.15. The number of hydrogen-bond donors (Lipinski definition) is 0. The highest BCUT2D eigenvalue weighted by atomic mass is 32.2. The number of carbonyl (C=O) groups excluding carboxylic acids is 1. The zero-order chi connectivity index (χ0) is 20.9. The third-order valence-electron chi connectivity index (χ3n) is 5.21. The van der Waals surface area contributed by atoms with Crippen LogP contribution in [0.2, 0.25) is 0 Å². The van der Waals surface area contributed by atoms with Crippen LogP contribution in [-0.2, 0) is 4.79 Å². The van der Waals surface area contributed by atoms with E-state index in [1.807, 2.05) is 39.8 Å². The predicted molar refractivity (Wildman–Crippen MR) is 119 cm³/mol. The SMILES string of the molecule is COc1ccccc1N1CCN(C(=O)CSc2nncn2-c2ccc(C)cc2)CC1. The van der Waals surface area contributed by atoms with Gasteiger partial charge in [0.1, 0.15) is 12.1 Å². The van der Waals surface area contributed by atoms with Gasteiger partial charge >= 0.3 is 0 Å². The Balaban J connectivity index is 1.33. The Morgan fingerprint density at radius 2 is 1.80 bits per heavy atom. The maximum Gasteiger partial charge on any atom is 0.233 e. The quantitative estimate of drug-likeness (QED) is 0.568. The number of carbonyl (C=O) groups is 1. The number of rotatable bonds is 6. The van der Waals surface area contributed by atoms with Gasteiger partial charge in [0.25, 0.3) is 0 Å². The van der Waals surface area contributed by atoms with Gasteiger partial charge in [-0.25, -0.2) is 0 Å². The lowest BCUT2D eigenvalue weighted by molar-refractivity contribution is -0.128. The molecule has 1 aromatic heterocycles. The maximum atomic E-state index is 12.8. The van der Waals surface area contributed by atoms with E-state index in [0.29, 0.717) is 18.8 Å².